The van der Waals surface area contributed by atoms with E-state index in [4.69, 9.17) is 11.5 Å². The van der Waals surface area contributed by atoms with Gasteiger partial charge in [0.15, 0.2) is 0 Å². The second kappa shape index (κ2) is 34.3. The molecule has 3 heterocycles. The van der Waals surface area contributed by atoms with Gasteiger partial charge in [-0.3, -0.25) is 47.9 Å². The summed E-state index contributed by atoms with van der Waals surface area (Å²) in [5, 5.41) is 30.0. The number of nitrogens with one attached hydrogen (secondary N) is 8. The molecule has 0 spiro atoms. The van der Waals surface area contributed by atoms with E-state index in [0.717, 1.165) is 0 Å². The largest absolute Gasteiger partial charge is 0.343 e. The van der Waals surface area contributed by atoms with Crippen molar-refractivity contribution in [2.75, 3.05) is 26.2 Å². The number of nitrogens with zero attached hydrogens (tertiary/aromatic N) is 8. The average molecular weight is 1220 g/mol. The summed E-state index contributed by atoms with van der Waals surface area (Å²) in [6.07, 6.45) is 0.0130. The first-order chi connectivity index (χ1) is 41.9. The van der Waals surface area contributed by atoms with Gasteiger partial charge in [-0.1, -0.05) is 126 Å². The summed E-state index contributed by atoms with van der Waals surface area (Å²) in [5.74, 6) is -9.50. The number of hydrogen-bond donors (Lipinski definition) is 10. The van der Waals surface area contributed by atoms with Crippen LogP contribution < -0.4 is 54.0 Å². The minimum atomic E-state index is -1.39. The smallest absolute Gasteiger partial charge is 0.246 e. The first kappa shape index (κ1) is 70.4. The quantitative estimate of drug-likeness (QED) is 0.0581. The molecule has 480 valence electrons. The van der Waals surface area contributed by atoms with Crippen LogP contribution in [0.5, 0.6) is 0 Å². The number of nitrogens with two attached hydrogens (primary N) is 2. The molecule has 5 rings (SSSR count). The van der Waals surface area contributed by atoms with Crippen molar-refractivity contribution in [2.24, 2.45) is 45.4 Å². The summed E-state index contributed by atoms with van der Waals surface area (Å²) in [6, 6.07) is 2.21. The van der Waals surface area contributed by atoms with Crippen LogP contribution in [0.4, 0.5) is 0 Å². The van der Waals surface area contributed by atoms with Crippen molar-refractivity contribution in [2.45, 2.75) is 192 Å². The van der Waals surface area contributed by atoms with Crippen molar-refractivity contribution in [3.05, 3.63) is 92.7 Å². The number of carbonyl (C=O) groups excluding carboxylic acids is 10. The summed E-state index contributed by atoms with van der Waals surface area (Å²) in [4.78, 5) is 156. The molecule has 2 aromatic carbocycles. The Bertz CT molecular complexity index is 2660. The molecule has 3 fully saturated rings. The molecule has 0 bridgehead atoms. The number of azide groups is 2. The zero-order chi connectivity index (χ0) is 64.8. The van der Waals surface area contributed by atoms with Crippen LogP contribution in [0.25, 0.3) is 20.9 Å². The van der Waals surface area contributed by atoms with Crippen LogP contribution in [0.15, 0.2) is 70.9 Å². The fraction of sp³-hybridized carbons (Fsp3) is 0.633. The molecule has 2 aromatic rings. The summed E-state index contributed by atoms with van der Waals surface area (Å²) >= 11 is 0. The van der Waals surface area contributed by atoms with Gasteiger partial charge in [0.25, 0.3) is 0 Å². The molecular weight excluding hydrogens is 1130 g/mol. The van der Waals surface area contributed by atoms with Crippen molar-refractivity contribution < 1.29 is 47.9 Å². The molecule has 0 aromatic heterocycles. The Balaban J connectivity index is 1.65. The first-order valence-electron chi connectivity index (χ1n) is 30.5. The Morgan fingerprint density at radius 3 is 1.08 bits per heavy atom. The number of amides is 10. The van der Waals surface area contributed by atoms with Crippen molar-refractivity contribution in [1.82, 2.24) is 52.3 Å². The van der Waals surface area contributed by atoms with Gasteiger partial charge < -0.3 is 63.8 Å². The van der Waals surface area contributed by atoms with Crippen molar-refractivity contribution in [3.8, 4) is 0 Å². The molecule has 3 aliphatic heterocycles. The predicted octanol–water partition coefficient (Wildman–Crippen LogP) is 1.81. The lowest BCUT2D eigenvalue weighted by molar-refractivity contribution is -0.143. The number of benzene rings is 2. The summed E-state index contributed by atoms with van der Waals surface area (Å²) in [6.45, 7) is 13.6. The van der Waals surface area contributed by atoms with Gasteiger partial charge in [-0.15, -0.1) is 0 Å². The topological polar surface area (TPSA) is 423 Å². The van der Waals surface area contributed by atoms with Crippen LogP contribution in [0.2, 0.25) is 0 Å². The lowest BCUT2D eigenvalue weighted by atomic mass is 9.98. The second-order valence-electron chi connectivity index (χ2n) is 24.5. The maximum Gasteiger partial charge on any atom is 0.246 e. The Kier molecular flexibility index (Phi) is 27.4. The van der Waals surface area contributed by atoms with Crippen LogP contribution in [-0.4, -0.2) is 168 Å². The summed E-state index contributed by atoms with van der Waals surface area (Å²) < 4.78 is 0. The fourth-order valence-corrected chi connectivity index (χ4v) is 11.2. The molecule has 10 amide bonds. The third-order valence-corrected chi connectivity index (χ3v) is 15.8. The maximum absolute atomic E-state index is 15.1. The number of rotatable bonds is 18. The minimum Gasteiger partial charge on any atom is -0.343 e. The van der Waals surface area contributed by atoms with Crippen LogP contribution in [0.1, 0.15) is 118 Å². The minimum absolute atomic E-state index is 0.00804. The normalized spacial score (nSPS) is 27.0. The molecule has 12 atom stereocenters. The first-order valence-corrected chi connectivity index (χ1v) is 30.5. The van der Waals surface area contributed by atoms with Gasteiger partial charge in [0, 0.05) is 35.8 Å². The molecule has 3 saturated heterocycles. The standard InChI is InChI=1S/C60H90N18O10/c1-33(2)25-43-53(81)69-45(27-37-17-11-9-12-18-37)59(87)77-31-39(73-75-63)29-47(77)55(83)72-50(36(7)8)58(86)66-42(22-16-24-62)52(80)68-44(26-34(3)4)54(82)70-46(28-38-19-13-10-14-20-38)60(88)78-32-40(74-76-64)30-48(78)56(84)71-49(35(5)6)57(85)65-41(21-15-23-61)51(79)67-43/h9-14,17-20,33-36,39-50H,15-16,21-32,61-62H2,1-8H3,(H,65,85)(H,66,86)(H,67,79)(H,68,80)(H,69,81)(H,70,82)(H,71,84)(H,72,83)/t39-,40-,41+,42+,43+,44+,45-,46-,47+,48+,49+,50+/m1/s1. The van der Waals surface area contributed by atoms with Gasteiger partial charge in [-0.25, -0.2) is 0 Å². The average Bonchev–Trinajstić information content (AvgIpc) is 3.50. The SMILES string of the molecule is CC(C)C[C@@H]1NC(=O)[C@H](CCCN)NC(=O)[C@H](C(C)C)NC(=O)[C@@H]2C[C@@H](N=[N+]=[N-])CN2C(=O)[C@@H](Cc2ccccc2)NC(=O)[C@H](CC(C)C)NC(=O)[C@H](CCCN)NC(=O)[C@H](C(C)C)NC(=O)[C@@H]2C[C@@H](N=[N+]=[N-])CN2C(=O)[C@@H](Cc2ccccc2)NC1=O. The molecular formula is C60H90N18O10. The van der Waals surface area contributed by atoms with Gasteiger partial charge in [-0.05, 0) is 110 Å². The Morgan fingerprint density at radius 1 is 0.455 bits per heavy atom. The lowest BCUT2D eigenvalue weighted by Crippen LogP contribution is -2.62. The van der Waals surface area contributed by atoms with Gasteiger partial charge in [-0.2, -0.15) is 0 Å². The Morgan fingerprint density at radius 2 is 0.773 bits per heavy atom. The van der Waals surface area contributed by atoms with Crippen molar-refractivity contribution in [3.63, 3.8) is 0 Å². The molecule has 0 aliphatic carbocycles. The highest BCUT2D eigenvalue weighted by Gasteiger charge is 2.46. The van der Waals surface area contributed by atoms with Gasteiger partial charge >= 0.3 is 0 Å². The third kappa shape index (κ3) is 20.4. The van der Waals surface area contributed by atoms with Crippen LogP contribution in [0.3, 0.4) is 0 Å². The molecule has 0 saturated carbocycles. The molecule has 28 heteroatoms. The van der Waals surface area contributed by atoms with E-state index in [-0.39, 0.29) is 102 Å². The molecule has 88 heavy (non-hydrogen) atoms. The highest BCUT2D eigenvalue weighted by molar-refractivity contribution is 6.00. The van der Waals surface area contributed by atoms with Crippen molar-refractivity contribution >= 4 is 59.1 Å². The van der Waals surface area contributed by atoms with Gasteiger partial charge in [0.05, 0.1) is 12.1 Å². The van der Waals surface area contributed by atoms with E-state index < -0.39 is 143 Å². The van der Waals surface area contributed by atoms with Crippen LogP contribution in [0, 0.1) is 23.7 Å². The Labute approximate surface area is 513 Å². The maximum atomic E-state index is 15.1. The monoisotopic (exact) mass is 1220 g/mol. The summed E-state index contributed by atoms with van der Waals surface area (Å²) in [5.41, 5.74) is 32.2. The predicted molar refractivity (Wildman–Crippen MR) is 327 cm³/mol. The van der Waals surface area contributed by atoms with Gasteiger partial charge in [0.1, 0.15) is 60.4 Å². The molecule has 12 N–H and O–H groups in total. The number of fused-ring (bicyclic) bond motifs is 2. The highest BCUT2D eigenvalue weighted by atomic mass is 16.2. The third-order valence-electron chi connectivity index (χ3n) is 15.8. The number of hydrogen-bond acceptors (Lipinski definition) is 14. The van der Waals surface area contributed by atoms with E-state index >= 15 is 9.59 Å². The second-order valence-corrected chi connectivity index (χ2v) is 24.5. The van der Waals surface area contributed by atoms with E-state index in [1.165, 1.54) is 9.80 Å². The number of carbonyl (C=O) groups is 10. The molecule has 28 nitrogen and oxygen atoms in total. The Hall–Kier alpha value is -8.32. The van der Waals surface area contributed by atoms with E-state index in [1.807, 2.05) is 27.7 Å². The molecule has 0 unspecified atom stereocenters. The summed E-state index contributed by atoms with van der Waals surface area (Å²) in [7, 11) is 0. The van der Waals surface area contributed by atoms with Crippen LogP contribution >= 0.6 is 0 Å². The van der Waals surface area contributed by atoms with E-state index in [9.17, 15) is 49.4 Å². The zero-order valence-corrected chi connectivity index (χ0v) is 51.7. The fourth-order valence-electron chi connectivity index (χ4n) is 11.2. The van der Waals surface area contributed by atoms with Crippen LogP contribution in [-0.2, 0) is 60.8 Å². The van der Waals surface area contributed by atoms with Crippen molar-refractivity contribution in [1.29, 1.82) is 0 Å². The molecule has 3 aliphatic rings. The van der Waals surface area contributed by atoms with Gasteiger partial charge in [0.2, 0.25) is 59.1 Å². The van der Waals surface area contributed by atoms with E-state index in [1.54, 1.807) is 88.4 Å². The molecule has 0 radical (unpaired) electrons. The highest BCUT2D eigenvalue weighted by Crippen LogP contribution is 2.26. The lowest BCUT2D eigenvalue weighted by Gasteiger charge is -2.33. The van der Waals surface area contributed by atoms with E-state index in [0.29, 0.717) is 11.1 Å². The zero-order valence-electron chi connectivity index (χ0n) is 51.7. The van der Waals surface area contributed by atoms with E-state index in [2.05, 4.69) is 62.6 Å².